The zero-order valence-corrected chi connectivity index (χ0v) is 11.6. The Morgan fingerprint density at radius 1 is 0.789 bits per heavy atom. The van der Waals surface area contributed by atoms with Crippen molar-refractivity contribution in [2.75, 3.05) is 0 Å². The second-order valence-corrected chi connectivity index (χ2v) is 4.80. The van der Waals surface area contributed by atoms with E-state index >= 15 is 0 Å². The molecule has 0 aliphatic carbocycles. The van der Waals surface area contributed by atoms with E-state index in [1.165, 1.54) is 25.7 Å². The van der Waals surface area contributed by atoms with Crippen LogP contribution in [0, 0.1) is 5.92 Å². The van der Waals surface area contributed by atoms with Gasteiger partial charge in [-0.25, -0.2) is 0 Å². The minimum atomic E-state index is -1.90. The van der Waals surface area contributed by atoms with Crippen LogP contribution in [0.1, 0.15) is 64.7 Å². The van der Waals surface area contributed by atoms with E-state index in [1.54, 1.807) is 0 Å². The zero-order valence-electron chi connectivity index (χ0n) is 11.6. The maximum absolute atomic E-state index is 11.4. The maximum atomic E-state index is 11.4. The lowest BCUT2D eigenvalue weighted by molar-refractivity contribution is -0.157. The van der Waals surface area contributed by atoms with Gasteiger partial charge < -0.3 is 10.2 Å². The van der Waals surface area contributed by atoms with Crippen LogP contribution in [0.3, 0.4) is 0 Å². The summed E-state index contributed by atoms with van der Waals surface area (Å²) in [4.78, 5) is 32.7. The van der Waals surface area contributed by atoms with E-state index in [1.807, 2.05) is 0 Å². The van der Waals surface area contributed by atoms with Crippen molar-refractivity contribution in [2.45, 2.75) is 64.7 Å². The van der Waals surface area contributed by atoms with Gasteiger partial charge in [-0.05, 0) is 6.42 Å². The van der Waals surface area contributed by atoms with Crippen LogP contribution in [-0.4, -0.2) is 27.9 Å². The summed E-state index contributed by atoms with van der Waals surface area (Å²) in [7, 11) is 0. The molecule has 0 fully saturated rings. The Bertz CT molecular complexity index is 284. The van der Waals surface area contributed by atoms with Gasteiger partial charge in [-0.1, -0.05) is 51.9 Å². The highest BCUT2D eigenvalue weighted by Gasteiger charge is 2.32. The van der Waals surface area contributed by atoms with E-state index in [9.17, 15) is 14.4 Å². The summed E-state index contributed by atoms with van der Waals surface area (Å²) in [6, 6.07) is 0. The summed E-state index contributed by atoms with van der Waals surface area (Å²) in [6.07, 6.45) is 8.48. The standard InChI is InChI=1S/C14H24O5/c1-2-3-4-5-6-7-8-9-10-11(15)12(13(16)17)14(18)19/h12H,2-10H2,1H3,(H,16,17)(H,18,19). The molecule has 5 heteroatoms. The average Bonchev–Trinajstić information content (AvgIpc) is 2.31. The Hall–Kier alpha value is -1.39. The molecule has 0 aromatic rings. The van der Waals surface area contributed by atoms with Gasteiger partial charge >= 0.3 is 11.9 Å². The number of hydrogen-bond donors (Lipinski definition) is 2. The van der Waals surface area contributed by atoms with Gasteiger partial charge in [0, 0.05) is 6.42 Å². The SMILES string of the molecule is CCCCCCCCCCC(=O)C(C(=O)O)C(=O)O. The molecule has 0 radical (unpaired) electrons. The first-order chi connectivity index (χ1) is 9.00. The van der Waals surface area contributed by atoms with Gasteiger partial charge in [-0.3, -0.25) is 14.4 Å². The molecule has 0 aliphatic heterocycles. The number of carboxylic acids is 2. The van der Waals surface area contributed by atoms with Crippen LogP contribution in [-0.2, 0) is 14.4 Å². The minimum Gasteiger partial charge on any atom is -0.480 e. The molecule has 0 aromatic heterocycles. The molecule has 0 heterocycles. The molecule has 0 amide bonds. The molecule has 110 valence electrons. The highest BCUT2D eigenvalue weighted by Crippen LogP contribution is 2.12. The van der Waals surface area contributed by atoms with Crippen LogP contribution >= 0.6 is 0 Å². The number of rotatable bonds is 12. The number of ketones is 1. The number of unbranched alkanes of at least 4 members (excludes halogenated alkanes) is 7. The predicted octanol–water partition coefficient (Wildman–Crippen LogP) is 2.87. The van der Waals surface area contributed by atoms with Crippen molar-refractivity contribution in [2.24, 2.45) is 5.92 Å². The van der Waals surface area contributed by atoms with Gasteiger partial charge in [-0.2, -0.15) is 0 Å². The van der Waals surface area contributed by atoms with Crippen LogP contribution < -0.4 is 0 Å². The van der Waals surface area contributed by atoms with E-state index in [0.717, 1.165) is 19.3 Å². The molecule has 19 heavy (non-hydrogen) atoms. The molecule has 0 aliphatic rings. The van der Waals surface area contributed by atoms with E-state index in [4.69, 9.17) is 10.2 Å². The van der Waals surface area contributed by atoms with Gasteiger partial charge in [0.05, 0.1) is 0 Å². The Morgan fingerprint density at radius 3 is 1.63 bits per heavy atom. The summed E-state index contributed by atoms with van der Waals surface area (Å²) < 4.78 is 0. The fraction of sp³-hybridized carbons (Fsp3) is 0.786. The molecular weight excluding hydrogens is 248 g/mol. The van der Waals surface area contributed by atoms with E-state index < -0.39 is 23.6 Å². The van der Waals surface area contributed by atoms with Crippen molar-refractivity contribution in [1.82, 2.24) is 0 Å². The Labute approximate surface area is 114 Å². The summed E-state index contributed by atoms with van der Waals surface area (Å²) in [5.41, 5.74) is 0. The first-order valence-electron chi connectivity index (χ1n) is 6.99. The fourth-order valence-electron chi connectivity index (χ4n) is 1.96. The fourth-order valence-corrected chi connectivity index (χ4v) is 1.96. The minimum absolute atomic E-state index is 0.0399. The third-order valence-corrected chi connectivity index (χ3v) is 3.09. The van der Waals surface area contributed by atoms with Gasteiger partial charge in [-0.15, -0.1) is 0 Å². The summed E-state index contributed by atoms with van der Waals surface area (Å²) >= 11 is 0. The van der Waals surface area contributed by atoms with Crippen LogP contribution in [0.4, 0.5) is 0 Å². The van der Waals surface area contributed by atoms with Crippen molar-refractivity contribution in [3.05, 3.63) is 0 Å². The third kappa shape index (κ3) is 8.35. The number of Topliss-reactive ketones (excluding diaryl/α,β-unsaturated/α-hetero) is 1. The number of carboxylic acid groups (broad SMARTS) is 2. The first-order valence-corrected chi connectivity index (χ1v) is 6.99. The Morgan fingerprint density at radius 2 is 1.21 bits per heavy atom. The molecule has 2 N–H and O–H groups in total. The molecule has 0 rings (SSSR count). The van der Waals surface area contributed by atoms with Crippen molar-refractivity contribution in [1.29, 1.82) is 0 Å². The van der Waals surface area contributed by atoms with Gasteiger partial charge in [0.15, 0.2) is 5.78 Å². The van der Waals surface area contributed by atoms with E-state index in [0.29, 0.717) is 6.42 Å². The molecule has 0 spiro atoms. The molecule has 0 saturated heterocycles. The van der Waals surface area contributed by atoms with Crippen molar-refractivity contribution >= 4 is 17.7 Å². The molecule has 0 unspecified atom stereocenters. The van der Waals surface area contributed by atoms with Gasteiger partial charge in [0.2, 0.25) is 5.92 Å². The second-order valence-electron chi connectivity index (χ2n) is 4.80. The second kappa shape index (κ2) is 10.5. The Balaban J connectivity index is 3.68. The van der Waals surface area contributed by atoms with Gasteiger partial charge in [0.1, 0.15) is 0 Å². The number of aliphatic carboxylic acids is 2. The first kappa shape index (κ1) is 17.6. The van der Waals surface area contributed by atoms with Crippen molar-refractivity contribution in [3.8, 4) is 0 Å². The summed E-state index contributed by atoms with van der Waals surface area (Å²) in [5, 5.41) is 17.3. The third-order valence-electron chi connectivity index (χ3n) is 3.09. The van der Waals surface area contributed by atoms with Gasteiger partial charge in [0.25, 0.3) is 0 Å². The monoisotopic (exact) mass is 272 g/mol. The van der Waals surface area contributed by atoms with Crippen LogP contribution in [0.2, 0.25) is 0 Å². The number of hydrogen-bond acceptors (Lipinski definition) is 3. The smallest absolute Gasteiger partial charge is 0.325 e. The molecule has 0 bridgehead atoms. The molecule has 5 nitrogen and oxygen atoms in total. The normalized spacial score (nSPS) is 10.6. The highest BCUT2D eigenvalue weighted by molar-refractivity contribution is 6.13. The average molecular weight is 272 g/mol. The quantitative estimate of drug-likeness (QED) is 0.421. The lowest BCUT2D eigenvalue weighted by atomic mass is 9.98. The molecule has 0 saturated carbocycles. The number of carbonyl (C=O) groups is 3. The van der Waals surface area contributed by atoms with Crippen LogP contribution in [0.25, 0.3) is 0 Å². The Kier molecular flexibility index (Phi) is 9.75. The lowest BCUT2D eigenvalue weighted by Gasteiger charge is -2.06. The largest absolute Gasteiger partial charge is 0.480 e. The van der Waals surface area contributed by atoms with Crippen molar-refractivity contribution < 1.29 is 24.6 Å². The maximum Gasteiger partial charge on any atom is 0.325 e. The van der Waals surface area contributed by atoms with E-state index in [2.05, 4.69) is 6.92 Å². The summed E-state index contributed by atoms with van der Waals surface area (Å²) in [6.45, 7) is 2.16. The summed E-state index contributed by atoms with van der Waals surface area (Å²) in [5.74, 6) is -5.75. The highest BCUT2D eigenvalue weighted by atomic mass is 16.4. The number of carbonyl (C=O) groups excluding carboxylic acids is 1. The molecule has 0 atom stereocenters. The predicted molar refractivity (Wildman–Crippen MR) is 71.0 cm³/mol. The van der Waals surface area contributed by atoms with Crippen molar-refractivity contribution in [3.63, 3.8) is 0 Å². The molecular formula is C14H24O5. The van der Waals surface area contributed by atoms with Crippen LogP contribution in [0.5, 0.6) is 0 Å². The van der Waals surface area contributed by atoms with E-state index in [-0.39, 0.29) is 6.42 Å². The van der Waals surface area contributed by atoms with Crippen LogP contribution in [0.15, 0.2) is 0 Å². The lowest BCUT2D eigenvalue weighted by Crippen LogP contribution is -2.31. The molecule has 0 aromatic carbocycles. The zero-order chi connectivity index (χ0) is 14.7. The topological polar surface area (TPSA) is 91.7 Å².